The number of hydrogen-bond donors (Lipinski definition) is 1. The molecule has 0 aliphatic heterocycles. The molecule has 0 spiro atoms. The van der Waals surface area contributed by atoms with Gasteiger partial charge in [0.15, 0.2) is 0 Å². The van der Waals surface area contributed by atoms with Crippen LogP contribution in [0, 0.1) is 5.92 Å². The summed E-state index contributed by atoms with van der Waals surface area (Å²) >= 11 is 3.68. The van der Waals surface area contributed by atoms with Gasteiger partial charge < -0.3 is 5.32 Å². The lowest BCUT2D eigenvalue weighted by molar-refractivity contribution is 0.229. The topological polar surface area (TPSA) is 29.9 Å². The maximum Gasteiger partial charge on any atom is 0.0635 e. The number of halogens is 1. The van der Waals surface area contributed by atoms with Crippen LogP contribution < -0.4 is 5.32 Å². The minimum atomic E-state index is 0.448. The van der Waals surface area contributed by atoms with Crippen LogP contribution in [0.1, 0.15) is 57.2 Å². The smallest absolute Gasteiger partial charge is 0.0635 e. The summed E-state index contributed by atoms with van der Waals surface area (Å²) in [7, 11) is 0. The van der Waals surface area contributed by atoms with Crippen LogP contribution in [0.25, 0.3) is 0 Å². The fourth-order valence-electron chi connectivity index (χ4n) is 2.89. The van der Waals surface area contributed by atoms with Gasteiger partial charge >= 0.3 is 0 Å². The van der Waals surface area contributed by atoms with Crippen molar-refractivity contribution >= 4 is 15.9 Å². The van der Waals surface area contributed by atoms with Gasteiger partial charge in [-0.2, -0.15) is 5.10 Å². The molecule has 2 saturated carbocycles. The van der Waals surface area contributed by atoms with Gasteiger partial charge in [-0.05, 0) is 67.9 Å². The molecule has 2 unspecified atom stereocenters. The highest BCUT2D eigenvalue weighted by atomic mass is 79.9. The SMILES string of the molecule is CC(C)n1ncc(Br)c1C1CCC1CNC1CC1. The summed E-state index contributed by atoms with van der Waals surface area (Å²) in [5.74, 6) is 1.49. The quantitative estimate of drug-likeness (QED) is 0.902. The number of nitrogens with zero attached hydrogens (tertiary/aromatic N) is 2. The maximum absolute atomic E-state index is 4.51. The Bertz CT molecular complexity index is 423. The van der Waals surface area contributed by atoms with Crippen molar-refractivity contribution in [3.8, 4) is 0 Å². The first-order valence-corrected chi connectivity index (χ1v) is 7.92. The van der Waals surface area contributed by atoms with Gasteiger partial charge in [0.25, 0.3) is 0 Å². The molecule has 18 heavy (non-hydrogen) atoms. The van der Waals surface area contributed by atoms with E-state index in [9.17, 15) is 0 Å². The molecule has 1 heterocycles. The molecule has 3 nitrogen and oxygen atoms in total. The summed E-state index contributed by atoms with van der Waals surface area (Å²) in [6, 6.07) is 1.27. The maximum atomic E-state index is 4.51. The van der Waals surface area contributed by atoms with E-state index in [1.807, 2.05) is 6.20 Å². The highest BCUT2D eigenvalue weighted by molar-refractivity contribution is 9.10. The number of aromatic nitrogens is 2. The van der Waals surface area contributed by atoms with E-state index in [1.165, 1.54) is 42.4 Å². The van der Waals surface area contributed by atoms with E-state index in [2.05, 4.69) is 44.9 Å². The predicted molar refractivity (Wildman–Crippen MR) is 76.8 cm³/mol. The molecule has 0 amide bonds. The van der Waals surface area contributed by atoms with Gasteiger partial charge in [0.2, 0.25) is 0 Å². The van der Waals surface area contributed by atoms with Crippen molar-refractivity contribution in [1.82, 2.24) is 15.1 Å². The summed E-state index contributed by atoms with van der Waals surface area (Å²) in [5, 5.41) is 8.18. The minimum absolute atomic E-state index is 0.448. The second kappa shape index (κ2) is 4.97. The van der Waals surface area contributed by atoms with Crippen LogP contribution in [0.2, 0.25) is 0 Å². The van der Waals surface area contributed by atoms with Crippen molar-refractivity contribution in [3.05, 3.63) is 16.4 Å². The Labute approximate surface area is 117 Å². The van der Waals surface area contributed by atoms with Crippen LogP contribution in [0.5, 0.6) is 0 Å². The Morgan fingerprint density at radius 3 is 2.72 bits per heavy atom. The Kier molecular flexibility index (Phi) is 3.50. The van der Waals surface area contributed by atoms with E-state index < -0.39 is 0 Å². The Hall–Kier alpha value is -0.350. The van der Waals surface area contributed by atoms with Gasteiger partial charge in [0.1, 0.15) is 0 Å². The third kappa shape index (κ3) is 2.37. The summed E-state index contributed by atoms with van der Waals surface area (Å²) in [6.07, 6.45) is 7.39. The zero-order valence-corrected chi connectivity index (χ0v) is 12.8. The van der Waals surface area contributed by atoms with Crippen molar-refractivity contribution in [2.75, 3.05) is 6.54 Å². The summed E-state index contributed by atoms with van der Waals surface area (Å²) < 4.78 is 3.38. The van der Waals surface area contributed by atoms with Crippen molar-refractivity contribution in [2.24, 2.45) is 5.92 Å². The molecule has 100 valence electrons. The molecule has 2 aliphatic carbocycles. The Morgan fingerprint density at radius 2 is 2.17 bits per heavy atom. The Balaban J connectivity index is 1.71. The number of hydrogen-bond acceptors (Lipinski definition) is 2. The molecule has 2 aliphatic rings. The van der Waals surface area contributed by atoms with Gasteiger partial charge in [0, 0.05) is 18.0 Å². The van der Waals surface area contributed by atoms with Gasteiger partial charge in [0.05, 0.1) is 16.4 Å². The number of nitrogens with one attached hydrogen (secondary N) is 1. The largest absolute Gasteiger partial charge is 0.314 e. The molecule has 0 radical (unpaired) electrons. The second-order valence-electron chi connectivity index (χ2n) is 6.04. The fraction of sp³-hybridized carbons (Fsp3) is 0.786. The van der Waals surface area contributed by atoms with Crippen molar-refractivity contribution < 1.29 is 0 Å². The van der Waals surface area contributed by atoms with E-state index in [0.717, 1.165) is 12.0 Å². The first-order valence-electron chi connectivity index (χ1n) is 7.13. The molecule has 0 aromatic carbocycles. The third-order valence-corrected chi connectivity index (χ3v) is 4.90. The lowest BCUT2D eigenvalue weighted by atomic mass is 9.71. The third-order valence-electron chi connectivity index (χ3n) is 4.29. The van der Waals surface area contributed by atoms with Crippen LogP contribution in [0.3, 0.4) is 0 Å². The van der Waals surface area contributed by atoms with Gasteiger partial charge in [-0.3, -0.25) is 4.68 Å². The first-order chi connectivity index (χ1) is 8.66. The molecule has 1 N–H and O–H groups in total. The van der Waals surface area contributed by atoms with Crippen LogP contribution >= 0.6 is 15.9 Å². The normalized spacial score (nSPS) is 27.6. The van der Waals surface area contributed by atoms with Gasteiger partial charge in [-0.1, -0.05) is 0 Å². The average Bonchev–Trinajstić information content (AvgIpc) is 3.03. The van der Waals surface area contributed by atoms with E-state index >= 15 is 0 Å². The molecule has 2 fully saturated rings. The van der Waals surface area contributed by atoms with Crippen LogP contribution in [0.15, 0.2) is 10.7 Å². The number of rotatable bonds is 5. The minimum Gasteiger partial charge on any atom is -0.314 e. The second-order valence-corrected chi connectivity index (χ2v) is 6.90. The molecule has 0 saturated heterocycles. The first kappa shape index (κ1) is 12.7. The van der Waals surface area contributed by atoms with Crippen LogP contribution in [-0.2, 0) is 0 Å². The highest BCUT2D eigenvalue weighted by Gasteiger charge is 2.36. The van der Waals surface area contributed by atoms with Crippen molar-refractivity contribution in [3.63, 3.8) is 0 Å². The molecule has 1 aromatic heterocycles. The predicted octanol–water partition coefficient (Wildman–Crippen LogP) is 3.47. The van der Waals surface area contributed by atoms with Crippen LogP contribution in [0.4, 0.5) is 0 Å². The Morgan fingerprint density at radius 1 is 1.39 bits per heavy atom. The monoisotopic (exact) mass is 311 g/mol. The van der Waals surface area contributed by atoms with Crippen molar-refractivity contribution in [1.29, 1.82) is 0 Å². The molecular weight excluding hydrogens is 290 g/mol. The molecule has 2 atom stereocenters. The lowest BCUT2D eigenvalue weighted by Crippen LogP contribution is -2.36. The van der Waals surface area contributed by atoms with E-state index in [-0.39, 0.29) is 0 Å². The van der Waals surface area contributed by atoms with Gasteiger partial charge in [-0.25, -0.2) is 0 Å². The highest BCUT2D eigenvalue weighted by Crippen LogP contribution is 2.45. The van der Waals surface area contributed by atoms with E-state index in [1.54, 1.807) is 0 Å². The zero-order chi connectivity index (χ0) is 12.7. The lowest BCUT2D eigenvalue weighted by Gasteiger charge is -2.38. The van der Waals surface area contributed by atoms with Crippen molar-refractivity contribution in [2.45, 2.75) is 57.5 Å². The molecular formula is C14H22BrN3. The summed E-state index contributed by atoms with van der Waals surface area (Å²) in [6.45, 7) is 5.60. The average molecular weight is 312 g/mol. The fourth-order valence-corrected chi connectivity index (χ4v) is 3.46. The summed E-state index contributed by atoms with van der Waals surface area (Å²) in [4.78, 5) is 0. The van der Waals surface area contributed by atoms with Crippen LogP contribution in [-0.4, -0.2) is 22.4 Å². The summed E-state index contributed by atoms with van der Waals surface area (Å²) in [5.41, 5.74) is 1.42. The standard InChI is InChI=1S/C14H22BrN3/c1-9(2)18-14(13(15)8-17-18)12-6-3-10(12)7-16-11-4-5-11/h8-12,16H,3-7H2,1-2H3. The van der Waals surface area contributed by atoms with Gasteiger partial charge in [-0.15, -0.1) is 0 Å². The van der Waals surface area contributed by atoms with E-state index in [4.69, 9.17) is 0 Å². The molecule has 0 bridgehead atoms. The molecule has 3 rings (SSSR count). The molecule has 4 heteroatoms. The zero-order valence-electron chi connectivity index (χ0n) is 11.2. The van der Waals surface area contributed by atoms with E-state index in [0.29, 0.717) is 12.0 Å². The molecule has 1 aromatic rings.